The molecular weight excluding hydrogens is 348 g/mol. The molecule has 7 heteroatoms. The summed E-state index contributed by atoms with van der Waals surface area (Å²) in [5.41, 5.74) is 6.16. The van der Waals surface area contributed by atoms with Crippen LogP contribution in [0.25, 0.3) is 0 Å². The van der Waals surface area contributed by atoms with Gasteiger partial charge in [-0.2, -0.15) is 0 Å². The maximum Gasteiger partial charge on any atom is 0.356 e. The number of methoxy groups -OCH3 is 1. The summed E-state index contributed by atoms with van der Waals surface area (Å²) in [5, 5.41) is 0.401. The summed E-state index contributed by atoms with van der Waals surface area (Å²) < 4.78 is 10.9. The molecule has 1 aromatic carbocycles. The van der Waals surface area contributed by atoms with Crippen molar-refractivity contribution in [3.05, 3.63) is 45.5 Å². The Morgan fingerprint density at radius 2 is 2.10 bits per heavy atom. The number of esters is 1. The van der Waals surface area contributed by atoms with Gasteiger partial charge in [-0.25, -0.2) is 9.78 Å². The van der Waals surface area contributed by atoms with Crippen LogP contribution in [0.15, 0.2) is 34.8 Å². The number of anilines is 1. The molecule has 104 valence electrons. The Bertz CT molecular complexity index is 664. The highest BCUT2D eigenvalue weighted by Gasteiger charge is 2.13. The molecule has 0 aliphatic carbocycles. The standard InChI is InChI=1S/C13H10BrClN2O3/c1-19-13(18)10-5-4-9(16)12(17-10)20-11-6-7(14)2-3-8(11)15/h2-6H,16H2,1H3. The van der Waals surface area contributed by atoms with Crippen molar-refractivity contribution in [3.8, 4) is 11.6 Å². The molecule has 1 aromatic heterocycles. The van der Waals surface area contributed by atoms with Crippen molar-refractivity contribution in [2.24, 2.45) is 0 Å². The third kappa shape index (κ3) is 3.20. The van der Waals surface area contributed by atoms with Crippen molar-refractivity contribution in [1.29, 1.82) is 0 Å². The SMILES string of the molecule is COC(=O)c1ccc(N)c(Oc2cc(Br)ccc2Cl)n1. The predicted octanol–water partition coefficient (Wildman–Crippen LogP) is 3.66. The summed E-state index contributed by atoms with van der Waals surface area (Å²) in [6.45, 7) is 0. The number of carbonyl (C=O) groups excluding carboxylic acids is 1. The number of nitrogens with two attached hydrogens (primary N) is 1. The molecule has 0 aliphatic rings. The minimum absolute atomic E-state index is 0.0906. The largest absolute Gasteiger partial charge is 0.464 e. The third-order valence-electron chi connectivity index (χ3n) is 2.38. The molecule has 2 N–H and O–H groups in total. The maximum absolute atomic E-state index is 11.4. The van der Waals surface area contributed by atoms with Crippen LogP contribution in [0, 0.1) is 0 Å². The van der Waals surface area contributed by atoms with Gasteiger partial charge >= 0.3 is 5.97 Å². The van der Waals surface area contributed by atoms with Crippen molar-refractivity contribution in [2.75, 3.05) is 12.8 Å². The first kappa shape index (κ1) is 14.6. The Balaban J connectivity index is 2.37. The Kier molecular flexibility index (Phi) is 4.46. The van der Waals surface area contributed by atoms with Crippen LogP contribution in [0.3, 0.4) is 0 Å². The van der Waals surface area contributed by atoms with Crippen LogP contribution in [0.2, 0.25) is 5.02 Å². The molecule has 0 unspecified atom stereocenters. The minimum Gasteiger partial charge on any atom is -0.464 e. The number of benzene rings is 1. The zero-order chi connectivity index (χ0) is 14.7. The third-order valence-corrected chi connectivity index (χ3v) is 3.19. The monoisotopic (exact) mass is 356 g/mol. The van der Waals surface area contributed by atoms with E-state index < -0.39 is 5.97 Å². The summed E-state index contributed by atoms with van der Waals surface area (Å²) in [5.74, 6) is -0.106. The number of nitrogens with zero attached hydrogens (tertiary/aromatic N) is 1. The Hall–Kier alpha value is -1.79. The van der Waals surface area contributed by atoms with E-state index in [1.54, 1.807) is 18.2 Å². The first-order chi connectivity index (χ1) is 9.51. The van der Waals surface area contributed by atoms with E-state index in [4.69, 9.17) is 22.1 Å². The van der Waals surface area contributed by atoms with Crippen LogP contribution < -0.4 is 10.5 Å². The van der Waals surface area contributed by atoms with Crippen molar-refractivity contribution in [3.63, 3.8) is 0 Å². The van der Waals surface area contributed by atoms with Gasteiger partial charge in [-0.3, -0.25) is 0 Å². The molecule has 0 bridgehead atoms. The second-order valence-electron chi connectivity index (χ2n) is 3.76. The molecule has 0 aliphatic heterocycles. The average molecular weight is 358 g/mol. The van der Waals surface area contributed by atoms with Crippen molar-refractivity contribution < 1.29 is 14.3 Å². The normalized spacial score (nSPS) is 10.2. The highest BCUT2D eigenvalue weighted by molar-refractivity contribution is 9.10. The quantitative estimate of drug-likeness (QED) is 0.849. The number of hydrogen-bond donors (Lipinski definition) is 1. The second kappa shape index (κ2) is 6.11. The van der Waals surface area contributed by atoms with Crippen LogP contribution in [0.5, 0.6) is 11.6 Å². The lowest BCUT2D eigenvalue weighted by atomic mass is 10.3. The zero-order valence-corrected chi connectivity index (χ0v) is 12.7. The number of hydrogen-bond acceptors (Lipinski definition) is 5. The molecule has 2 rings (SSSR count). The summed E-state index contributed by atoms with van der Waals surface area (Å²) >= 11 is 9.33. The van der Waals surface area contributed by atoms with E-state index in [9.17, 15) is 4.79 Å². The second-order valence-corrected chi connectivity index (χ2v) is 5.08. The molecule has 0 amide bonds. The van der Waals surface area contributed by atoms with Gasteiger partial charge in [0.1, 0.15) is 5.75 Å². The Labute approximate surface area is 128 Å². The van der Waals surface area contributed by atoms with Crippen molar-refractivity contribution in [2.45, 2.75) is 0 Å². The topological polar surface area (TPSA) is 74.4 Å². The van der Waals surface area contributed by atoms with Crippen LogP contribution in [-0.2, 0) is 4.74 Å². The fourth-order valence-electron chi connectivity index (χ4n) is 1.41. The van der Waals surface area contributed by atoms with Gasteiger partial charge in [0, 0.05) is 4.47 Å². The molecule has 0 atom stereocenters. The summed E-state index contributed by atoms with van der Waals surface area (Å²) in [6.07, 6.45) is 0. The number of ether oxygens (including phenoxy) is 2. The van der Waals surface area contributed by atoms with Gasteiger partial charge in [0.05, 0.1) is 17.8 Å². The minimum atomic E-state index is -0.574. The molecule has 0 radical (unpaired) electrons. The van der Waals surface area contributed by atoms with Gasteiger partial charge in [-0.05, 0) is 30.3 Å². The van der Waals surface area contributed by atoms with Gasteiger partial charge in [-0.15, -0.1) is 0 Å². The molecule has 1 heterocycles. The summed E-state index contributed by atoms with van der Waals surface area (Å²) in [7, 11) is 1.27. The lowest BCUT2D eigenvalue weighted by Crippen LogP contribution is -2.06. The van der Waals surface area contributed by atoms with Gasteiger partial charge in [0.15, 0.2) is 5.69 Å². The number of rotatable bonds is 3. The number of halogens is 2. The van der Waals surface area contributed by atoms with Gasteiger partial charge in [0.2, 0.25) is 5.88 Å². The maximum atomic E-state index is 11.4. The molecule has 2 aromatic rings. The van der Waals surface area contributed by atoms with Gasteiger partial charge < -0.3 is 15.2 Å². The van der Waals surface area contributed by atoms with Crippen LogP contribution in [0.1, 0.15) is 10.5 Å². The Morgan fingerprint density at radius 1 is 1.35 bits per heavy atom. The van der Waals surface area contributed by atoms with E-state index in [2.05, 4.69) is 25.7 Å². The van der Waals surface area contributed by atoms with Gasteiger partial charge in [0.25, 0.3) is 0 Å². The zero-order valence-electron chi connectivity index (χ0n) is 10.4. The first-order valence-electron chi connectivity index (χ1n) is 5.49. The number of nitrogen functional groups attached to an aromatic ring is 1. The van der Waals surface area contributed by atoms with Crippen molar-refractivity contribution >= 4 is 39.2 Å². The molecule has 0 fully saturated rings. The highest BCUT2D eigenvalue weighted by atomic mass is 79.9. The van der Waals surface area contributed by atoms with E-state index in [1.807, 2.05) is 0 Å². The van der Waals surface area contributed by atoms with E-state index in [-0.39, 0.29) is 17.3 Å². The molecule has 0 saturated heterocycles. The number of carbonyl (C=O) groups is 1. The molecule has 20 heavy (non-hydrogen) atoms. The van der Waals surface area contributed by atoms with Crippen LogP contribution in [0.4, 0.5) is 5.69 Å². The van der Waals surface area contributed by atoms with Crippen LogP contribution >= 0.6 is 27.5 Å². The molecular formula is C13H10BrClN2O3. The highest BCUT2D eigenvalue weighted by Crippen LogP contribution is 2.33. The van der Waals surface area contributed by atoms with Gasteiger partial charge in [-0.1, -0.05) is 27.5 Å². The van der Waals surface area contributed by atoms with E-state index in [0.29, 0.717) is 10.8 Å². The predicted molar refractivity (Wildman–Crippen MR) is 79.2 cm³/mol. The average Bonchev–Trinajstić information content (AvgIpc) is 2.44. The molecule has 5 nitrogen and oxygen atoms in total. The smallest absolute Gasteiger partial charge is 0.356 e. The van der Waals surface area contributed by atoms with Crippen LogP contribution in [-0.4, -0.2) is 18.1 Å². The fourth-order valence-corrected chi connectivity index (χ4v) is 1.91. The number of aromatic nitrogens is 1. The lowest BCUT2D eigenvalue weighted by molar-refractivity contribution is 0.0593. The lowest BCUT2D eigenvalue weighted by Gasteiger charge is -2.10. The molecule has 0 spiro atoms. The molecule has 0 saturated carbocycles. The number of pyridine rings is 1. The van der Waals surface area contributed by atoms with Crippen molar-refractivity contribution in [1.82, 2.24) is 4.98 Å². The first-order valence-corrected chi connectivity index (χ1v) is 6.66. The summed E-state index contributed by atoms with van der Waals surface area (Å²) in [6, 6.07) is 8.09. The fraction of sp³-hybridized carbons (Fsp3) is 0.0769. The Morgan fingerprint density at radius 3 is 2.80 bits per heavy atom. The van der Waals surface area contributed by atoms with E-state index in [0.717, 1.165) is 4.47 Å². The summed E-state index contributed by atoms with van der Waals surface area (Å²) in [4.78, 5) is 15.4. The van der Waals surface area contributed by atoms with E-state index in [1.165, 1.54) is 19.2 Å². The van der Waals surface area contributed by atoms with E-state index >= 15 is 0 Å².